The summed E-state index contributed by atoms with van der Waals surface area (Å²) in [5, 5.41) is 0. The third-order valence-electron chi connectivity index (χ3n) is 1.37. The summed E-state index contributed by atoms with van der Waals surface area (Å²) < 4.78 is 32.2. The molecule has 0 heterocycles. The van der Waals surface area contributed by atoms with E-state index in [9.17, 15) is 18.4 Å². The molecule has 0 bridgehead atoms. The van der Waals surface area contributed by atoms with Gasteiger partial charge in [-0.2, -0.15) is 0 Å². The van der Waals surface area contributed by atoms with E-state index in [0.717, 1.165) is 0 Å². The monoisotopic (exact) mass is 224 g/mol. The topological polar surface area (TPSA) is 52.6 Å². The Morgan fingerprint density at radius 3 is 1.60 bits per heavy atom. The molecule has 0 aliphatic carbocycles. The van der Waals surface area contributed by atoms with Gasteiger partial charge in [-0.25, -0.2) is 0 Å². The van der Waals surface area contributed by atoms with E-state index in [4.69, 9.17) is 0 Å². The van der Waals surface area contributed by atoms with Crippen molar-refractivity contribution < 1.29 is 27.8 Å². The summed E-state index contributed by atoms with van der Waals surface area (Å²) in [5.41, 5.74) is 0. The van der Waals surface area contributed by atoms with Crippen molar-refractivity contribution in [1.82, 2.24) is 0 Å². The van der Waals surface area contributed by atoms with E-state index >= 15 is 0 Å². The quantitative estimate of drug-likeness (QED) is 0.353. The maximum atomic E-state index is 11.6. The standard InChI is InChI=1S/C9H14F2O4/c10-3-1-5-14-8(12)7-9(13)15-6-2-4-11/h1-7H2. The molecule has 0 rings (SSSR count). The van der Waals surface area contributed by atoms with Gasteiger partial charge in [0.05, 0.1) is 26.6 Å². The van der Waals surface area contributed by atoms with E-state index in [-0.39, 0.29) is 26.1 Å². The molecule has 0 spiro atoms. The molecule has 0 aliphatic heterocycles. The van der Waals surface area contributed by atoms with Crippen LogP contribution in [-0.2, 0) is 19.1 Å². The Labute approximate surface area is 86.5 Å². The molecular formula is C9H14F2O4. The molecule has 6 heteroatoms. The number of ether oxygens (including phenoxy) is 2. The Hall–Kier alpha value is -1.20. The summed E-state index contributed by atoms with van der Waals surface area (Å²) in [4.78, 5) is 21.7. The first-order chi connectivity index (χ1) is 7.20. The van der Waals surface area contributed by atoms with Crippen LogP contribution in [0.15, 0.2) is 0 Å². The maximum Gasteiger partial charge on any atom is 0.317 e. The largest absolute Gasteiger partial charge is 0.465 e. The van der Waals surface area contributed by atoms with Crippen molar-refractivity contribution in [1.29, 1.82) is 0 Å². The molecule has 0 fully saturated rings. The van der Waals surface area contributed by atoms with E-state index in [2.05, 4.69) is 9.47 Å². The van der Waals surface area contributed by atoms with E-state index in [1.807, 2.05) is 0 Å². The minimum absolute atomic E-state index is 0.0485. The summed E-state index contributed by atoms with van der Waals surface area (Å²) in [5.74, 6) is -1.51. The zero-order chi connectivity index (χ0) is 11.5. The molecule has 0 aromatic rings. The first-order valence-electron chi connectivity index (χ1n) is 4.64. The number of halogens is 2. The lowest BCUT2D eigenvalue weighted by atomic mass is 10.4. The van der Waals surface area contributed by atoms with Crippen LogP contribution in [0, 0.1) is 0 Å². The SMILES string of the molecule is O=C(CC(=O)OCCCF)OCCCF. The fraction of sp³-hybridized carbons (Fsp3) is 0.778. The Morgan fingerprint density at radius 1 is 0.867 bits per heavy atom. The first kappa shape index (κ1) is 13.8. The maximum absolute atomic E-state index is 11.6. The second-order valence-electron chi connectivity index (χ2n) is 2.70. The number of carbonyl (C=O) groups excluding carboxylic acids is 2. The minimum atomic E-state index is -0.756. The average molecular weight is 224 g/mol. The highest BCUT2D eigenvalue weighted by Crippen LogP contribution is 1.94. The van der Waals surface area contributed by atoms with Gasteiger partial charge in [0.25, 0.3) is 0 Å². The van der Waals surface area contributed by atoms with Crippen LogP contribution in [0.2, 0.25) is 0 Å². The molecule has 0 amide bonds. The second-order valence-corrected chi connectivity index (χ2v) is 2.70. The van der Waals surface area contributed by atoms with Gasteiger partial charge in [0, 0.05) is 12.8 Å². The van der Waals surface area contributed by atoms with Gasteiger partial charge < -0.3 is 9.47 Å². The van der Waals surface area contributed by atoms with E-state index in [1.54, 1.807) is 0 Å². The van der Waals surface area contributed by atoms with Gasteiger partial charge in [0.1, 0.15) is 6.42 Å². The van der Waals surface area contributed by atoms with Gasteiger partial charge in [-0.1, -0.05) is 0 Å². The highest BCUT2D eigenvalue weighted by atomic mass is 19.1. The van der Waals surface area contributed by atoms with Crippen molar-refractivity contribution in [3.63, 3.8) is 0 Å². The van der Waals surface area contributed by atoms with Crippen LogP contribution >= 0.6 is 0 Å². The Morgan fingerprint density at radius 2 is 1.27 bits per heavy atom. The van der Waals surface area contributed by atoms with Gasteiger partial charge >= 0.3 is 11.9 Å². The predicted molar refractivity (Wildman–Crippen MR) is 47.7 cm³/mol. The van der Waals surface area contributed by atoms with Crippen molar-refractivity contribution in [2.75, 3.05) is 26.6 Å². The van der Waals surface area contributed by atoms with Crippen LogP contribution in [0.3, 0.4) is 0 Å². The van der Waals surface area contributed by atoms with Gasteiger partial charge in [0.15, 0.2) is 0 Å². The number of carbonyl (C=O) groups is 2. The molecule has 15 heavy (non-hydrogen) atoms. The first-order valence-corrected chi connectivity index (χ1v) is 4.64. The molecule has 0 saturated heterocycles. The Balaban J connectivity index is 3.45. The molecule has 0 unspecified atom stereocenters. The molecule has 0 aliphatic rings. The minimum Gasteiger partial charge on any atom is -0.465 e. The average Bonchev–Trinajstić information content (AvgIpc) is 2.18. The molecule has 0 saturated carbocycles. The summed E-state index contributed by atoms with van der Waals surface area (Å²) in [6.45, 7) is -1.25. The zero-order valence-electron chi connectivity index (χ0n) is 8.34. The molecule has 0 radical (unpaired) electrons. The van der Waals surface area contributed by atoms with Gasteiger partial charge in [-0.05, 0) is 0 Å². The smallest absolute Gasteiger partial charge is 0.317 e. The lowest BCUT2D eigenvalue weighted by molar-refractivity contribution is -0.154. The summed E-state index contributed by atoms with van der Waals surface area (Å²) in [6, 6.07) is 0. The van der Waals surface area contributed by atoms with Crippen molar-refractivity contribution >= 4 is 11.9 Å². The van der Waals surface area contributed by atoms with Crippen LogP contribution in [0.4, 0.5) is 8.78 Å². The van der Waals surface area contributed by atoms with Crippen molar-refractivity contribution in [2.24, 2.45) is 0 Å². The fourth-order valence-electron chi connectivity index (χ4n) is 0.701. The van der Waals surface area contributed by atoms with E-state index in [0.29, 0.717) is 0 Å². The number of hydrogen-bond acceptors (Lipinski definition) is 4. The number of rotatable bonds is 8. The number of esters is 2. The summed E-state index contributed by atoms with van der Waals surface area (Å²) >= 11 is 0. The normalized spacial score (nSPS) is 9.73. The van der Waals surface area contributed by atoms with Crippen molar-refractivity contribution in [2.45, 2.75) is 19.3 Å². The van der Waals surface area contributed by atoms with Crippen LogP contribution < -0.4 is 0 Å². The zero-order valence-corrected chi connectivity index (χ0v) is 8.34. The van der Waals surface area contributed by atoms with E-state index < -0.39 is 31.7 Å². The van der Waals surface area contributed by atoms with Crippen LogP contribution in [0.5, 0.6) is 0 Å². The highest BCUT2D eigenvalue weighted by molar-refractivity contribution is 5.91. The van der Waals surface area contributed by atoms with Gasteiger partial charge in [-0.15, -0.1) is 0 Å². The predicted octanol–water partition coefficient (Wildman–Crippen LogP) is 1.18. The Bertz CT molecular complexity index is 177. The molecule has 88 valence electrons. The lowest BCUT2D eigenvalue weighted by Gasteiger charge is -2.03. The number of hydrogen-bond donors (Lipinski definition) is 0. The molecule has 0 aromatic heterocycles. The van der Waals surface area contributed by atoms with Crippen LogP contribution in [0.25, 0.3) is 0 Å². The summed E-state index contributed by atoms with van der Waals surface area (Å²) in [7, 11) is 0. The van der Waals surface area contributed by atoms with Crippen molar-refractivity contribution in [3.8, 4) is 0 Å². The summed E-state index contributed by atoms with van der Waals surface area (Å²) in [6.07, 6.45) is -0.288. The molecule has 0 aromatic carbocycles. The van der Waals surface area contributed by atoms with E-state index in [1.165, 1.54) is 0 Å². The van der Waals surface area contributed by atoms with Crippen LogP contribution in [0.1, 0.15) is 19.3 Å². The lowest BCUT2D eigenvalue weighted by Crippen LogP contribution is -2.15. The Kier molecular flexibility index (Phi) is 8.61. The van der Waals surface area contributed by atoms with Gasteiger partial charge in [-0.3, -0.25) is 18.4 Å². The second kappa shape index (κ2) is 9.36. The molecule has 0 N–H and O–H groups in total. The third-order valence-corrected chi connectivity index (χ3v) is 1.37. The van der Waals surface area contributed by atoms with Gasteiger partial charge in [0.2, 0.25) is 0 Å². The third kappa shape index (κ3) is 9.11. The fourth-order valence-corrected chi connectivity index (χ4v) is 0.701. The molecule has 4 nitrogen and oxygen atoms in total. The number of alkyl halides is 2. The van der Waals surface area contributed by atoms with Crippen molar-refractivity contribution in [3.05, 3.63) is 0 Å². The highest BCUT2D eigenvalue weighted by Gasteiger charge is 2.11. The molecule has 0 atom stereocenters. The van der Waals surface area contributed by atoms with Crippen LogP contribution in [-0.4, -0.2) is 38.5 Å². The molecular weight excluding hydrogens is 210 g/mol.